The van der Waals surface area contributed by atoms with E-state index >= 15 is 0 Å². The largest absolute Gasteiger partial charge is 0.352 e. The van der Waals surface area contributed by atoms with E-state index in [9.17, 15) is 0 Å². The van der Waals surface area contributed by atoms with E-state index in [4.69, 9.17) is 9.47 Å². The lowest BCUT2D eigenvalue weighted by molar-refractivity contribution is -0.264. The fourth-order valence-electron chi connectivity index (χ4n) is 3.29. The summed E-state index contributed by atoms with van der Waals surface area (Å²) in [6.07, 6.45) is 3.58. The zero-order chi connectivity index (χ0) is 12.6. The molecule has 98 valence electrons. The molecule has 1 heterocycles. The van der Waals surface area contributed by atoms with E-state index in [0.717, 1.165) is 13.2 Å². The molecule has 0 aromatic rings. The first-order valence-electron chi connectivity index (χ1n) is 6.86. The molecular weight excluding hydrogens is 212 g/mol. The van der Waals surface area contributed by atoms with Crippen LogP contribution in [-0.4, -0.2) is 19.5 Å². The van der Waals surface area contributed by atoms with Crippen molar-refractivity contribution < 1.29 is 9.47 Å². The number of hydrogen-bond donors (Lipinski definition) is 0. The summed E-state index contributed by atoms with van der Waals surface area (Å²) in [6.45, 7) is 12.9. The van der Waals surface area contributed by atoms with Gasteiger partial charge in [0.05, 0.1) is 13.2 Å². The second-order valence-corrected chi connectivity index (χ2v) is 6.37. The van der Waals surface area contributed by atoms with E-state index in [-0.39, 0.29) is 11.7 Å². The molecule has 0 aromatic carbocycles. The number of allylic oxidation sites excluding steroid dienone is 2. The van der Waals surface area contributed by atoms with Crippen molar-refractivity contribution in [3.63, 3.8) is 0 Å². The Bertz CT molecular complexity index is 298. The lowest BCUT2D eigenvalue weighted by atomic mass is 9.63. The molecule has 0 bridgehead atoms. The van der Waals surface area contributed by atoms with Crippen LogP contribution in [0.4, 0.5) is 0 Å². The highest BCUT2D eigenvalue weighted by Gasteiger charge is 2.46. The summed E-state index contributed by atoms with van der Waals surface area (Å²) in [7, 11) is 0. The highest BCUT2D eigenvalue weighted by atomic mass is 16.7. The minimum absolute atomic E-state index is 0.00738. The van der Waals surface area contributed by atoms with E-state index in [0.29, 0.717) is 17.8 Å². The van der Waals surface area contributed by atoms with Crippen molar-refractivity contribution in [2.75, 3.05) is 13.2 Å². The Hall–Kier alpha value is -0.340. The van der Waals surface area contributed by atoms with Crippen molar-refractivity contribution in [3.05, 3.63) is 11.6 Å². The molecule has 2 atom stereocenters. The van der Waals surface area contributed by atoms with Crippen LogP contribution in [0.1, 0.15) is 41.0 Å². The van der Waals surface area contributed by atoms with E-state index in [1.807, 2.05) is 0 Å². The van der Waals surface area contributed by atoms with Gasteiger partial charge in [-0.1, -0.05) is 39.3 Å². The lowest BCUT2D eigenvalue weighted by Gasteiger charge is -2.50. The van der Waals surface area contributed by atoms with E-state index in [2.05, 4.69) is 40.7 Å². The molecule has 0 unspecified atom stereocenters. The average Bonchev–Trinajstić information content (AvgIpc) is 2.26. The van der Waals surface area contributed by atoms with Gasteiger partial charge in [0.25, 0.3) is 0 Å². The van der Waals surface area contributed by atoms with Gasteiger partial charge >= 0.3 is 0 Å². The molecule has 0 aromatic heterocycles. The monoisotopic (exact) mass is 238 g/mol. The molecular formula is C15H26O2. The zero-order valence-electron chi connectivity index (χ0n) is 11.8. The maximum absolute atomic E-state index is 5.96. The third kappa shape index (κ3) is 2.30. The molecule has 2 heteroatoms. The topological polar surface area (TPSA) is 18.5 Å². The van der Waals surface area contributed by atoms with Crippen LogP contribution >= 0.6 is 0 Å². The van der Waals surface area contributed by atoms with Gasteiger partial charge in [-0.05, 0) is 25.2 Å². The second-order valence-electron chi connectivity index (χ2n) is 6.37. The van der Waals surface area contributed by atoms with E-state index in [1.165, 1.54) is 12.0 Å². The van der Waals surface area contributed by atoms with E-state index in [1.54, 1.807) is 0 Å². The predicted octanol–water partition coefficient (Wildman–Crippen LogP) is 3.62. The van der Waals surface area contributed by atoms with Crippen molar-refractivity contribution in [3.8, 4) is 0 Å². The number of ether oxygens (including phenoxy) is 2. The Labute approximate surface area is 105 Å². The first-order valence-corrected chi connectivity index (χ1v) is 6.86. The summed E-state index contributed by atoms with van der Waals surface area (Å²) in [4.78, 5) is 0. The quantitative estimate of drug-likeness (QED) is 0.650. The van der Waals surface area contributed by atoms with Crippen molar-refractivity contribution in [2.45, 2.75) is 47.3 Å². The van der Waals surface area contributed by atoms with Crippen LogP contribution in [0.5, 0.6) is 0 Å². The molecule has 1 aliphatic heterocycles. The summed E-state index contributed by atoms with van der Waals surface area (Å²) in [5.74, 6) is 1.65. The fourth-order valence-corrected chi connectivity index (χ4v) is 3.29. The third-order valence-electron chi connectivity index (χ3n) is 4.63. The molecule has 1 aliphatic carbocycles. The Morgan fingerprint density at radius 1 is 1.24 bits per heavy atom. The van der Waals surface area contributed by atoms with Crippen LogP contribution in [-0.2, 0) is 9.47 Å². The Kier molecular flexibility index (Phi) is 3.65. The van der Waals surface area contributed by atoms with Gasteiger partial charge < -0.3 is 9.47 Å². The molecule has 0 amide bonds. The maximum Gasteiger partial charge on any atom is 0.159 e. The van der Waals surface area contributed by atoms with Crippen LogP contribution in [0.15, 0.2) is 11.6 Å². The van der Waals surface area contributed by atoms with Crippen molar-refractivity contribution >= 4 is 0 Å². The zero-order valence-corrected chi connectivity index (χ0v) is 11.8. The van der Waals surface area contributed by atoms with Gasteiger partial charge in [0, 0.05) is 11.3 Å². The minimum Gasteiger partial charge on any atom is -0.352 e. The molecule has 2 rings (SSSR count). The van der Waals surface area contributed by atoms with E-state index < -0.39 is 0 Å². The lowest BCUT2D eigenvalue weighted by Crippen LogP contribution is -2.51. The Balaban J connectivity index is 2.11. The van der Waals surface area contributed by atoms with Crippen molar-refractivity contribution in [2.24, 2.45) is 23.2 Å². The van der Waals surface area contributed by atoms with Gasteiger partial charge in [-0.25, -0.2) is 0 Å². The molecule has 1 fully saturated rings. The van der Waals surface area contributed by atoms with Crippen molar-refractivity contribution in [1.82, 2.24) is 0 Å². The van der Waals surface area contributed by atoms with Gasteiger partial charge in [0.1, 0.15) is 0 Å². The molecule has 1 saturated heterocycles. The van der Waals surface area contributed by atoms with Gasteiger partial charge in [-0.2, -0.15) is 0 Å². The molecule has 0 radical (unpaired) electrons. The molecule has 2 aliphatic rings. The molecule has 1 spiro atoms. The summed E-state index contributed by atoms with van der Waals surface area (Å²) in [5, 5.41) is 0. The van der Waals surface area contributed by atoms with Crippen LogP contribution in [0.2, 0.25) is 0 Å². The summed E-state index contributed by atoms with van der Waals surface area (Å²) < 4.78 is 11.9. The summed E-state index contributed by atoms with van der Waals surface area (Å²) in [6, 6.07) is 0. The first-order chi connectivity index (χ1) is 7.95. The molecule has 0 saturated carbocycles. The Morgan fingerprint density at radius 2 is 1.82 bits per heavy atom. The minimum atomic E-state index is -0.00738. The summed E-state index contributed by atoms with van der Waals surface area (Å²) in [5.41, 5.74) is 1.71. The summed E-state index contributed by atoms with van der Waals surface area (Å²) >= 11 is 0. The fraction of sp³-hybridized carbons (Fsp3) is 0.867. The van der Waals surface area contributed by atoms with Crippen LogP contribution in [0, 0.1) is 23.2 Å². The smallest absolute Gasteiger partial charge is 0.159 e. The van der Waals surface area contributed by atoms with Gasteiger partial charge in [0.15, 0.2) is 6.29 Å². The second kappa shape index (κ2) is 4.74. The van der Waals surface area contributed by atoms with Crippen molar-refractivity contribution in [1.29, 1.82) is 0 Å². The van der Waals surface area contributed by atoms with Crippen LogP contribution < -0.4 is 0 Å². The average molecular weight is 238 g/mol. The van der Waals surface area contributed by atoms with Crippen LogP contribution in [0.25, 0.3) is 0 Å². The maximum atomic E-state index is 5.96. The third-order valence-corrected chi connectivity index (χ3v) is 4.63. The highest BCUT2D eigenvalue weighted by Crippen LogP contribution is 2.47. The Morgan fingerprint density at radius 3 is 2.29 bits per heavy atom. The SMILES string of the molecule is CC1=C[C@@H](C)C2(COC(C(C)C)OC2)[C@@H](C)C1. The van der Waals surface area contributed by atoms with Gasteiger partial charge in [-0.15, -0.1) is 0 Å². The molecule has 2 nitrogen and oxygen atoms in total. The number of rotatable bonds is 1. The van der Waals surface area contributed by atoms with Gasteiger partial charge in [0.2, 0.25) is 0 Å². The van der Waals surface area contributed by atoms with Crippen LogP contribution in [0.3, 0.4) is 0 Å². The molecule has 17 heavy (non-hydrogen) atoms. The standard InChI is InChI=1S/C15H26O2/c1-10(2)14-16-8-15(9-17-14)12(4)6-11(3)7-13(15)5/h6,10,12-14H,7-9H2,1-5H3/t12-,13+,14?,15?/m1/s1. The number of hydrogen-bond acceptors (Lipinski definition) is 2. The van der Waals surface area contributed by atoms with Gasteiger partial charge in [-0.3, -0.25) is 0 Å². The molecule has 0 N–H and O–H groups in total. The predicted molar refractivity (Wildman–Crippen MR) is 69.7 cm³/mol. The first kappa shape index (κ1) is 13.1. The normalized spacial score (nSPS) is 42.9. The highest BCUT2D eigenvalue weighted by molar-refractivity contribution is 5.13.